The highest BCUT2D eigenvalue weighted by molar-refractivity contribution is 5.98. The van der Waals surface area contributed by atoms with E-state index in [0.29, 0.717) is 19.5 Å². The fourth-order valence-electron chi connectivity index (χ4n) is 2.37. The molecule has 19 heavy (non-hydrogen) atoms. The third-order valence-electron chi connectivity index (χ3n) is 3.33. The molecule has 0 saturated carbocycles. The maximum absolute atomic E-state index is 12.3. The third kappa shape index (κ3) is 2.45. The van der Waals surface area contributed by atoms with Gasteiger partial charge in [0, 0.05) is 13.0 Å². The van der Waals surface area contributed by atoms with Crippen molar-refractivity contribution in [3.63, 3.8) is 0 Å². The summed E-state index contributed by atoms with van der Waals surface area (Å²) >= 11 is 0. The summed E-state index contributed by atoms with van der Waals surface area (Å²) in [6, 6.07) is 18.1. The largest absolute Gasteiger partial charge is 0.383 e. The molecule has 2 aromatic carbocycles. The molecule has 0 fully saturated rings. The zero-order chi connectivity index (χ0) is 13.1. The van der Waals surface area contributed by atoms with Crippen LogP contribution >= 0.6 is 0 Å². The number of anilines is 2. The second-order valence-corrected chi connectivity index (χ2v) is 4.66. The average molecular weight is 252 g/mol. The number of hydrogen-bond acceptors (Lipinski definition) is 2. The van der Waals surface area contributed by atoms with Crippen LogP contribution in [0.3, 0.4) is 0 Å². The summed E-state index contributed by atoms with van der Waals surface area (Å²) in [6.45, 7) is 1.32. The molecule has 0 bridgehead atoms. The van der Waals surface area contributed by atoms with Gasteiger partial charge in [-0.05, 0) is 17.7 Å². The van der Waals surface area contributed by atoms with Crippen molar-refractivity contribution in [3.05, 3.63) is 60.2 Å². The van der Waals surface area contributed by atoms with E-state index in [2.05, 4.69) is 5.32 Å². The second-order valence-electron chi connectivity index (χ2n) is 4.66. The summed E-state index contributed by atoms with van der Waals surface area (Å²) in [6.07, 6.45) is 0.529. The van der Waals surface area contributed by atoms with E-state index in [-0.39, 0.29) is 5.91 Å². The Morgan fingerprint density at radius 3 is 2.58 bits per heavy atom. The summed E-state index contributed by atoms with van der Waals surface area (Å²) in [5.74, 6) is 0.168. The van der Waals surface area contributed by atoms with Gasteiger partial charge in [0.2, 0.25) is 5.91 Å². The van der Waals surface area contributed by atoms with Crippen molar-refractivity contribution in [2.24, 2.45) is 0 Å². The van der Waals surface area contributed by atoms with Gasteiger partial charge in [-0.25, -0.2) is 0 Å². The molecule has 2 aromatic rings. The summed E-state index contributed by atoms with van der Waals surface area (Å²) in [5.41, 5.74) is 3.14. The Morgan fingerprint density at radius 2 is 1.74 bits per heavy atom. The lowest BCUT2D eigenvalue weighted by atomic mass is 10.2. The van der Waals surface area contributed by atoms with Gasteiger partial charge in [-0.1, -0.05) is 42.5 Å². The van der Waals surface area contributed by atoms with Crippen LogP contribution in [0, 0.1) is 0 Å². The highest BCUT2D eigenvalue weighted by Gasteiger charge is 2.21. The number of amides is 1. The van der Waals surface area contributed by atoms with Crippen molar-refractivity contribution in [1.29, 1.82) is 0 Å². The molecule has 0 aromatic heterocycles. The highest BCUT2D eigenvalue weighted by Crippen LogP contribution is 2.29. The van der Waals surface area contributed by atoms with Gasteiger partial charge < -0.3 is 10.2 Å². The summed E-state index contributed by atoms with van der Waals surface area (Å²) in [5, 5.41) is 3.31. The first kappa shape index (κ1) is 11.8. The number of hydrogen-bond donors (Lipinski definition) is 1. The monoisotopic (exact) mass is 252 g/mol. The summed E-state index contributed by atoms with van der Waals surface area (Å²) in [4.78, 5) is 14.1. The maximum Gasteiger partial charge on any atom is 0.229 e. The van der Waals surface area contributed by atoms with Crippen LogP contribution < -0.4 is 10.2 Å². The SMILES string of the molecule is O=C1CCNc2ccccc2N1Cc1ccccc1. The Bertz CT molecular complexity index is 580. The number of rotatable bonds is 2. The van der Waals surface area contributed by atoms with Crippen LogP contribution in [0.4, 0.5) is 11.4 Å². The van der Waals surface area contributed by atoms with Crippen LogP contribution in [0.25, 0.3) is 0 Å². The third-order valence-corrected chi connectivity index (χ3v) is 3.33. The Labute approximate surface area is 112 Å². The fraction of sp³-hybridized carbons (Fsp3) is 0.188. The maximum atomic E-state index is 12.3. The topological polar surface area (TPSA) is 32.3 Å². The van der Waals surface area contributed by atoms with Gasteiger partial charge in [-0.15, -0.1) is 0 Å². The normalized spacial score (nSPS) is 14.5. The molecule has 1 heterocycles. The molecule has 3 nitrogen and oxygen atoms in total. The van der Waals surface area contributed by atoms with Crippen molar-refractivity contribution < 1.29 is 4.79 Å². The van der Waals surface area contributed by atoms with Crippen molar-refractivity contribution in [3.8, 4) is 0 Å². The van der Waals surface area contributed by atoms with E-state index >= 15 is 0 Å². The van der Waals surface area contributed by atoms with Crippen LogP contribution in [0.5, 0.6) is 0 Å². The molecule has 0 spiro atoms. The van der Waals surface area contributed by atoms with E-state index in [1.54, 1.807) is 0 Å². The molecule has 0 saturated heterocycles. The zero-order valence-corrected chi connectivity index (χ0v) is 10.7. The minimum Gasteiger partial charge on any atom is -0.383 e. The predicted molar refractivity (Wildman–Crippen MR) is 77.2 cm³/mol. The lowest BCUT2D eigenvalue weighted by molar-refractivity contribution is -0.118. The number of benzene rings is 2. The molecular formula is C16H16N2O. The standard InChI is InChI=1S/C16H16N2O/c19-16-10-11-17-14-8-4-5-9-15(14)18(16)12-13-6-2-1-3-7-13/h1-9,17H,10-12H2. The predicted octanol–water partition coefficient (Wildman–Crippen LogP) is 3.04. The lowest BCUT2D eigenvalue weighted by Gasteiger charge is -2.22. The molecule has 0 aliphatic carbocycles. The van der Waals surface area contributed by atoms with E-state index in [1.807, 2.05) is 59.5 Å². The van der Waals surface area contributed by atoms with Crippen LogP contribution in [0.15, 0.2) is 54.6 Å². The average Bonchev–Trinajstić information content (AvgIpc) is 2.61. The van der Waals surface area contributed by atoms with Gasteiger partial charge in [0.05, 0.1) is 17.9 Å². The van der Waals surface area contributed by atoms with Gasteiger partial charge in [0.15, 0.2) is 0 Å². The number of carbonyl (C=O) groups is 1. The zero-order valence-electron chi connectivity index (χ0n) is 10.7. The molecule has 1 N–H and O–H groups in total. The summed E-state index contributed by atoms with van der Waals surface area (Å²) in [7, 11) is 0. The van der Waals surface area contributed by atoms with Gasteiger partial charge in [-0.2, -0.15) is 0 Å². The molecule has 0 radical (unpaired) electrons. The Morgan fingerprint density at radius 1 is 1.00 bits per heavy atom. The van der Waals surface area contributed by atoms with Crippen molar-refractivity contribution in [2.45, 2.75) is 13.0 Å². The number of nitrogens with one attached hydrogen (secondary N) is 1. The Balaban J connectivity index is 1.96. The van der Waals surface area contributed by atoms with Crippen molar-refractivity contribution in [1.82, 2.24) is 0 Å². The highest BCUT2D eigenvalue weighted by atomic mass is 16.2. The number of carbonyl (C=O) groups excluding carboxylic acids is 1. The van der Waals surface area contributed by atoms with Crippen LogP contribution in [-0.4, -0.2) is 12.5 Å². The molecule has 3 rings (SSSR count). The van der Waals surface area contributed by atoms with E-state index in [0.717, 1.165) is 16.9 Å². The van der Waals surface area contributed by atoms with Gasteiger partial charge in [-0.3, -0.25) is 4.79 Å². The summed E-state index contributed by atoms with van der Waals surface area (Å²) < 4.78 is 0. The molecule has 0 atom stereocenters. The van der Waals surface area contributed by atoms with E-state index in [9.17, 15) is 4.79 Å². The first-order valence-corrected chi connectivity index (χ1v) is 6.52. The molecule has 3 heteroatoms. The first-order valence-electron chi connectivity index (χ1n) is 6.52. The first-order chi connectivity index (χ1) is 9.34. The second kappa shape index (κ2) is 5.14. The van der Waals surface area contributed by atoms with E-state index in [1.165, 1.54) is 0 Å². The molecular weight excluding hydrogens is 236 g/mol. The van der Waals surface area contributed by atoms with Crippen molar-refractivity contribution >= 4 is 17.3 Å². The fourth-order valence-corrected chi connectivity index (χ4v) is 2.37. The van der Waals surface area contributed by atoms with Gasteiger partial charge in [0.1, 0.15) is 0 Å². The Hall–Kier alpha value is -2.29. The molecule has 1 aliphatic rings. The van der Waals surface area contributed by atoms with E-state index < -0.39 is 0 Å². The van der Waals surface area contributed by atoms with Crippen LogP contribution in [0.2, 0.25) is 0 Å². The van der Waals surface area contributed by atoms with Crippen molar-refractivity contribution in [2.75, 3.05) is 16.8 Å². The van der Waals surface area contributed by atoms with Crippen LogP contribution in [0.1, 0.15) is 12.0 Å². The smallest absolute Gasteiger partial charge is 0.229 e. The lowest BCUT2D eigenvalue weighted by Crippen LogP contribution is -2.29. The molecule has 0 unspecified atom stereocenters. The Kier molecular flexibility index (Phi) is 3.19. The van der Waals surface area contributed by atoms with Gasteiger partial charge >= 0.3 is 0 Å². The molecule has 1 amide bonds. The minimum atomic E-state index is 0.168. The van der Waals surface area contributed by atoms with E-state index in [4.69, 9.17) is 0 Å². The van der Waals surface area contributed by atoms with Crippen LogP contribution in [-0.2, 0) is 11.3 Å². The molecule has 1 aliphatic heterocycles. The quantitative estimate of drug-likeness (QED) is 0.891. The minimum absolute atomic E-state index is 0.168. The number of para-hydroxylation sites is 2. The van der Waals surface area contributed by atoms with Gasteiger partial charge in [0.25, 0.3) is 0 Å². The number of fused-ring (bicyclic) bond motifs is 1. The molecule has 96 valence electrons. The number of nitrogens with zero attached hydrogens (tertiary/aromatic N) is 1.